The van der Waals surface area contributed by atoms with Gasteiger partial charge in [-0.1, -0.05) is 170 Å². The van der Waals surface area contributed by atoms with Crippen LogP contribution in [0.2, 0.25) is 0 Å². The minimum Gasteiger partial charge on any atom is -0.457 e. The van der Waals surface area contributed by atoms with Gasteiger partial charge in [0.1, 0.15) is 11.5 Å². The molecule has 0 amide bonds. The first-order valence-electron chi connectivity index (χ1n) is 22.2. The largest absolute Gasteiger partial charge is 0.457 e. The van der Waals surface area contributed by atoms with Gasteiger partial charge in [-0.15, -0.1) is 0 Å². The summed E-state index contributed by atoms with van der Waals surface area (Å²) in [6.45, 7) is 0. The molecule has 0 saturated carbocycles. The average Bonchev–Trinajstić information content (AvgIpc) is 3.66. The topological polar surface area (TPSA) is 24.9 Å². The Morgan fingerprint density at radius 3 is 1.57 bits per heavy atom. The normalized spacial score (nSPS) is 13.3. The van der Waals surface area contributed by atoms with Crippen molar-refractivity contribution in [3.8, 4) is 56.4 Å². The molecular formula is C61H40N2O2. The van der Waals surface area contributed by atoms with E-state index in [0.29, 0.717) is 0 Å². The molecule has 13 rings (SSSR count). The molecule has 306 valence electrons. The Bertz CT molecular complexity index is 3410. The van der Waals surface area contributed by atoms with Crippen molar-refractivity contribution in [3.63, 3.8) is 0 Å². The van der Waals surface area contributed by atoms with E-state index in [1.165, 1.54) is 33.4 Å². The van der Waals surface area contributed by atoms with Gasteiger partial charge in [0.2, 0.25) is 0 Å². The zero-order valence-corrected chi connectivity index (χ0v) is 35.3. The maximum atomic E-state index is 6.90. The van der Waals surface area contributed by atoms with Crippen LogP contribution in [0.25, 0.3) is 33.4 Å². The van der Waals surface area contributed by atoms with Crippen molar-refractivity contribution in [2.75, 3.05) is 9.80 Å². The first kappa shape index (κ1) is 37.0. The third-order valence-electron chi connectivity index (χ3n) is 13.3. The smallest absolute Gasteiger partial charge is 0.153 e. The summed E-state index contributed by atoms with van der Waals surface area (Å²) in [6.07, 6.45) is 0. The van der Waals surface area contributed by atoms with E-state index in [4.69, 9.17) is 9.47 Å². The quantitative estimate of drug-likeness (QED) is 0.167. The van der Waals surface area contributed by atoms with Crippen LogP contribution in [0.15, 0.2) is 243 Å². The lowest BCUT2D eigenvalue weighted by molar-refractivity contribution is 0.436. The number of para-hydroxylation sites is 5. The van der Waals surface area contributed by atoms with Gasteiger partial charge in [-0.3, -0.25) is 0 Å². The minimum absolute atomic E-state index is 0.614. The number of rotatable bonds is 6. The maximum Gasteiger partial charge on any atom is 0.153 e. The lowest BCUT2D eigenvalue weighted by Gasteiger charge is -2.39. The van der Waals surface area contributed by atoms with Crippen molar-refractivity contribution >= 4 is 34.1 Å². The Hall–Kier alpha value is -8.60. The predicted molar refractivity (Wildman–Crippen MR) is 264 cm³/mol. The third kappa shape index (κ3) is 5.71. The van der Waals surface area contributed by atoms with Crippen molar-refractivity contribution in [2.24, 2.45) is 0 Å². The van der Waals surface area contributed by atoms with Gasteiger partial charge < -0.3 is 19.3 Å². The van der Waals surface area contributed by atoms with Crippen LogP contribution < -0.4 is 19.3 Å². The molecule has 0 radical (unpaired) electrons. The fraction of sp³-hybridized carbons (Fsp3) is 0.0164. The molecular weight excluding hydrogens is 793 g/mol. The van der Waals surface area contributed by atoms with Crippen LogP contribution in [-0.2, 0) is 5.41 Å². The molecule has 3 aliphatic rings. The van der Waals surface area contributed by atoms with Crippen LogP contribution in [0.5, 0.6) is 23.0 Å². The average molecular weight is 833 g/mol. The molecule has 0 aromatic heterocycles. The van der Waals surface area contributed by atoms with Crippen LogP contribution in [0.3, 0.4) is 0 Å². The first-order chi connectivity index (χ1) is 32.2. The van der Waals surface area contributed by atoms with E-state index in [9.17, 15) is 0 Å². The molecule has 4 nitrogen and oxygen atoms in total. The molecule has 10 aromatic carbocycles. The minimum atomic E-state index is -0.614. The van der Waals surface area contributed by atoms with Gasteiger partial charge >= 0.3 is 0 Å². The molecule has 0 bridgehead atoms. The maximum absolute atomic E-state index is 6.90. The van der Waals surface area contributed by atoms with Gasteiger partial charge in [-0.2, -0.15) is 0 Å². The standard InChI is InChI=1S/C61H40N2O2/c1-3-17-41(18-4-1)42-31-33-44(34-32-42)63-55-27-13-16-30-59(55)65-60-40-46(36-38-56(60)63)62(54-26-12-8-21-47(54)43-19-5-2-6-20-43)45-35-37-49-48-22-7-9-23-50(48)61(53(49)39-45)51-24-10-14-28-57(51)64-58-29-15-11-25-52(58)61/h1-40H. The zero-order valence-electron chi connectivity index (χ0n) is 35.3. The van der Waals surface area contributed by atoms with Crippen molar-refractivity contribution in [1.29, 1.82) is 0 Å². The summed E-state index contributed by atoms with van der Waals surface area (Å²) in [5.74, 6) is 3.32. The van der Waals surface area contributed by atoms with E-state index in [1.54, 1.807) is 0 Å². The van der Waals surface area contributed by atoms with E-state index < -0.39 is 5.41 Å². The van der Waals surface area contributed by atoms with Crippen LogP contribution in [-0.4, -0.2) is 0 Å². The van der Waals surface area contributed by atoms with Crippen LogP contribution in [0, 0.1) is 0 Å². The molecule has 0 atom stereocenters. The van der Waals surface area contributed by atoms with E-state index >= 15 is 0 Å². The van der Waals surface area contributed by atoms with E-state index in [2.05, 4.69) is 246 Å². The van der Waals surface area contributed by atoms with Crippen LogP contribution in [0.1, 0.15) is 22.3 Å². The van der Waals surface area contributed by atoms with Crippen molar-refractivity contribution < 1.29 is 9.47 Å². The van der Waals surface area contributed by atoms with Gasteiger partial charge in [-0.25, -0.2) is 0 Å². The fourth-order valence-corrected chi connectivity index (χ4v) is 10.5. The monoisotopic (exact) mass is 832 g/mol. The highest BCUT2D eigenvalue weighted by Gasteiger charge is 2.51. The van der Waals surface area contributed by atoms with Crippen molar-refractivity contribution in [1.82, 2.24) is 0 Å². The Morgan fingerprint density at radius 1 is 0.323 bits per heavy atom. The predicted octanol–water partition coefficient (Wildman–Crippen LogP) is 16.5. The second kappa shape index (κ2) is 14.8. The number of fused-ring (bicyclic) bond motifs is 11. The molecule has 0 fully saturated rings. The summed E-state index contributed by atoms with van der Waals surface area (Å²) in [6, 6.07) is 86.7. The van der Waals surface area contributed by atoms with Gasteiger partial charge in [0.25, 0.3) is 0 Å². The Labute approximate surface area is 378 Å². The Morgan fingerprint density at radius 2 is 0.831 bits per heavy atom. The van der Waals surface area contributed by atoms with E-state index in [-0.39, 0.29) is 0 Å². The molecule has 4 heteroatoms. The van der Waals surface area contributed by atoms with Gasteiger partial charge in [-0.05, 0) is 106 Å². The molecule has 2 aliphatic heterocycles. The van der Waals surface area contributed by atoms with E-state index in [0.717, 1.165) is 79.4 Å². The summed E-state index contributed by atoms with van der Waals surface area (Å²) in [5.41, 5.74) is 17.3. The highest BCUT2D eigenvalue weighted by atomic mass is 16.5. The second-order valence-corrected chi connectivity index (χ2v) is 16.8. The summed E-state index contributed by atoms with van der Waals surface area (Å²) in [4.78, 5) is 4.71. The number of hydrogen-bond donors (Lipinski definition) is 0. The number of nitrogens with zero attached hydrogens (tertiary/aromatic N) is 2. The van der Waals surface area contributed by atoms with E-state index in [1.807, 2.05) is 6.07 Å². The lowest BCUT2D eigenvalue weighted by atomic mass is 9.66. The first-order valence-corrected chi connectivity index (χ1v) is 22.2. The summed E-state index contributed by atoms with van der Waals surface area (Å²) >= 11 is 0. The van der Waals surface area contributed by atoms with Crippen molar-refractivity contribution in [3.05, 3.63) is 265 Å². The van der Waals surface area contributed by atoms with Gasteiger partial charge in [0.05, 0.1) is 28.2 Å². The highest BCUT2D eigenvalue weighted by molar-refractivity contribution is 5.95. The van der Waals surface area contributed by atoms with Crippen molar-refractivity contribution in [2.45, 2.75) is 5.41 Å². The molecule has 10 aromatic rings. The molecule has 2 heterocycles. The molecule has 1 aliphatic carbocycles. The third-order valence-corrected chi connectivity index (χ3v) is 13.3. The Kier molecular flexibility index (Phi) is 8.40. The summed E-state index contributed by atoms with van der Waals surface area (Å²) < 4.78 is 13.6. The van der Waals surface area contributed by atoms with Gasteiger partial charge in [0, 0.05) is 34.1 Å². The van der Waals surface area contributed by atoms with Crippen LogP contribution >= 0.6 is 0 Å². The SMILES string of the molecule is c1ccc(-c2ccc(N3c4ccccc4Oc4cc(N(c5ccc6c(c5)C5(c7ccccc7Oc7ccccc75)c5ccccc5-6)c5ccccc5-c5ccccc5)ccc43)cc2)cc1. The molecule has 0 saturated heterocycles. The summed E-state index contributed by atoms with van der Waals surface area (Å²) in [5, 5.41) is 0. The highest BCUT2D eigenvalue weighted by Crippen LogP contribution is 2.63. The summed E-state index contributed by atoms with van der Waals surface area (Å²) in [7, 11) is 0. The molecule has 0 unspecified atom stereocenters. The lowest BCUT2D eigenvalue weighted by Crippen LogP contribution is -2.32. The number of benzene rings is 10. The second-order valence-electron chi connectivity index (χ2n) is 16.8. The Balaban J connectivity index is 1.02. The number of hydrogen-bond acceptors (Lipinski definition) is 4. The molecule has 1 spiro atoms. The number of anilines is 6. The fourth-order valence-electron chi connectivity index (χ4n) is 10.5. The molecule has 65 heavy (non-hydrogen) atoms. The zero-order chi connectivity index (χ0) is 42.9. The molecule has 0 N–H and O–H groups in total. The van der Waals surface area contributed by atoms with Gasteiger partial charge in [0.15, 0.2) is 11.5 Å². The van der Waals surface area contributed by atoms with Crippen LogP contribution in [0.4, 0.5) is 34.1 Å². The number of ether oxygens (including phenoxy) is 2.